The van der Waals surface area contributed by atoms with Gasteiger partial charge in [0.25, 0.3) is 0 Å². The van der Waals surface area contributed by atoms with Crippen LogP contribution < -0.4 is 5.32 Å². The summed E-state index contributed by atoms with van der Waals surface area (Å²) in [6, 6.07) is 4.94. The quantitative estimate of drug-likeness (QED) is 0.857. The molecule has 1 unspecified atom stereocenters. The smallest absolute Gasteiger partial charge is 0.328 e. The number of nitrogens with zero attached hydrogens (tertiary/aromatic N) is 3. The lowest BCUT2D eigenvalue weighted by atomic mass is 10.2. The zero-order valence-electron chi connectivity index (χ0n) is 11.2. The van der Waals surface area contributed by atoms with Crippen LogP contribution in [0.1, 0.15) is 13.3 Å². The van der Waals surface area contributed by atoms with Crippen molar-refractivity contribution in [2.24, 2.45) is 0 Å². The Kier molecular flexibility index (Phi) is 4.57. The average Bonchev–Trinajstić information content (AvgIpc) is 2.97. The molecule has 0 amide bonds. The van der Waals surface area contributed by atoms with E-state index in [1.54, 1.807) is 23.1 Å². The molecule has 2 aromatic rings. The molecule has 7 heteroatoms. The fourth-order valence-corrected chi connectivity index (χ4v) is 2.11. The van der Waals surface area contributed by atoms with E-state index in [9.17, 15) is 4.79 Å². The molecule has 106 valence electrons. The lowest BCUT2D eigenvalue weighted by Crippen LogP contribution is -2.30. The van der Waals surface area contributed by atoms with Gasteiger partial charge in [0.2, 0.25) is 0 Å². The van der Waals surface area contributed by atoms with E-state index in [0.717, 1.165) is 0 Å². The number of esters is 1. The topological polar surface area (TPSA) is 69.0 Å². The Bertz CT molecular complexity index is 586. The number of hydrogen-bond acceptors (Lipinski definition) is 5. The molecule has 1 aromatic heterocycles. The zero-order valence-corrected chi connectivity index (χ0v) is 12.0. The number of carbonyl (C=O) groups is 1. The van der Waals surface area contributed by atoms with E-state index >= 15 is 0 Å². The first-order chi connectivity index (χ1) is 9.67. The van der Waals surface area contributed by atoms with Gasteiger partial charge in [-0.15, -0.1) is 0 Å². The summed E-state index contributed by atoms with van der Waals surface area (Å²) in [5, 5.41) is 7.71. The third-order valence-corrected chi connectivity index (χ3v) is 3.16. The van der Waals surface area contributed by atoms with Crippen LogP contribution in [0, 0.1) is 0 Å². The van der Waals surface area contributed by atoms with Crippen molar-refractivity contribution in [3.05, 3.63) is 35.9 Å². The van der Waals surface area contributed by atoms with Crippen molar-refractivity contribution < 1.29 is 9.53 Å². The molecule has 0 spiro atoms. The molecule has 0 aliphatic carbocycles. The van der Waals surface area contributed by atoms with E-state index in [-0.39, 0.29) is 5.97 Å². The van der Waals surface area contributed by atoms with Gasteiger partial charge in [-0.05, 0) is 18.6 Å². The van der Waals surface area contributed by atoms with Crippen LogP contribution in [-0.2, 0) is 9.53 Å². The van der Waals surface area contributed by atoms with Gasteiger partial charge in [0, 0.05) is 0 Å². The summed E-state index contributed by atoms with van der Waals surface area (Å²) in [4.78, 5) is 15.6. The molecule has 1 heterocycles. The summed E-state index contributed by atoms with van der Waals surface area (Å²) >= 11 is 6.22. The number of ether oxygens (including phenoxy) is 1. The predicted molar refractivity (Wildman–Crippen MR) is 76.1 cm³/mol. The maximum Gasteiger partial charge on any atom is 0.328 e. The van der Waals surface area contributed by atoms with E-state index < -0.39 is 6.04 Å². The number of para-hydroxylation sites is 1. The van der Waals surface area contributed by atoms with Crippen LogP contribution in [0.25, 0.3) is 5.69 Å². The minimum Gasteiger partial charge on any atom is -0.467 e. The molecule has 1 atom stereocenters. The van der Waals surface area contributed by atoms with Gasteiger partial charge in [-0.25, -0.2) is 14.5 Å². The molecule has 1 aromatic carbocycles. The number of rotatable bonds is 5. The second kappa shape index (κ2) is 6.38. The second-order valence-corrected chi connectivity index (χ2v) is 4.51. The molecule has 0 bridgehead atoms. The van der Waals surface area contributed by atoms with Crippen LogP contribution in [0.3, 0.4) is 0 Å². The van der Waals surface area contributed by atoms with E-state index in [4.69, 9.17) is 16.3 Å². The predicted octanol–water partition coefficient (Wildman–Crippen LogP) is 2.28. The summed E-state index contributed by atoms with van der Waals surface area (Å²) in [6.45, 7) is 1.90. The first-order valence-electron chi connectivity index (χ1n) is 6.15. The zero-order chi connectivity index (χ0) is 14.5. The highest BCUT2D eigenvalue weighted by Gasteiger charge is 2.19. The summed E-state index contributed by atoms with van der Waals surface area (Å²) in [5.74, 6) is -0.322. The first-order valence-corrected chi connectivity index (χ1v) is 6.53. The number of nitrogens with one attached hydrogen (secondary N) is 1. The SMILES string of the molecule is CCC(Nc1cccc(Cl)c1-n1cncn1)C(=O)OC. The van der Waals surface area contributed by atoms with Gasteiger partial charge in [-0.3, -0.25) is 0 Å². The Balaban J connectivity index is 2.37. The largest absolute Gasteiger partial charge is 0.467 e. The Morgan fingerprint density at radius 3 is 2.95 bits per heavy atom. The summed E-state index contributed by atoms with van der Waals surface area (Å²) in [7, 11) is 1.36. The fraction of sp³-hybridized carbons (Fsp3) is 0.308. The van der Waals surface area contributed by atoms with Gasteiger partial charge in [-0.2, -0.15) is 5.10 Å². The van der Waals surface area contributed by atoms with Crippen molar-refractivity contribution >= 4 is 23.3 Å². The van der Waals surface area contributed by atoms with Crippen LogP contribution >= 0.6 is 11.6 Å². The van der Waals surface area contributed by atoms with Crippen molar-refractivity contribution in [2.75, 3.05) is 12.4 Å². The van der Waals surface area contributed by atoms with Crippen molar-refractivity contribution in [2.45, 2.75) is 19.4 Å². The Morgan fingerprint density at radius 1 is 1.55 bits per heavy atom. The maximum atomic E-state index is 11.7. The molecule has 20 heavy (non-hydrogen) atoms. The number of carbonyl (C=O) groups excluding carboxylic acids is 1. The van der Waals surface area contributed by atoms with Crippen LogP contribution in [-0.4, -0.2) is 33.9 Å². The average molecular weight is 295 g/mol. The number of halogens is 1. The van der Waals surface area contributed by atoms with Gasteiger partial charge < -0.3 is 10.1 Å². The minimum atomic E-state index is -0.444. The van der Waals surface area contributed by atoms with Gasteiger partial charge >= 0.3 is 5.97 Å². The lowest BCUT2D eigenvalue weighted by Gasteiger charge is -2.19. The van der Waals surface area contributed by atoms with Gasteiger partial charge in [0.15, 0.2) is 0 Å². The Labute approximate surface area is 121 Å². The van der Waals surface area contributed by atoms with Crippen LogP contribution in [0.2, 0.25) is 5.02 Å². The molecule has 1 N–H and O–H groups in total. The summed E-state index contributed by atoms with van der Waals surface area (Å²) in [6.07, 6.45) is 3.56. The highest BCUT2D eigenvalue weighted by atomic mass is 35.5. The van der Waals surface area contributed by atoms with Crippen molar-refractivity contribution in [3.8, 4) is 5.69 Å². The standard InChI is InChI=1S/C13H15ClN4O2/c1-3-10(13(19)20-2)17-11-6-4-5-9(14)12(11)18-8-15-7-16-18/h4-8,10,17H,3H2,1-2H3. The van der Waals surface area contributed by atoms with Crippen LogP contribution in [0.15, 0.2) is 30.9 Å². The number of methoxy groups -OCH3 is 1. The molecule has 0 fully saturated rings. The number of hydrogen-bond donors (Lipinski definition) is 1. The Hall–Kier alpha value is -2.08. The van der Waals surface area contributed by atoms with Crippen molar-refractivity contribution in [1.82, 2.24) is 14.8 Å². The van der Waals surface area contributed by atoms with Gasteiger partial charge in [-0.1, -0.05) is 24.6 Å². The molecule has 6 nitrogen and oxygen atoms in total. The molecular formula is C13H15ClN4O2. The molecular weight excluding hydrogens is 280 g/mol. The van der Waals surface area contributed by atoms with Crippen molar-refractivity contribution in [3.63, 3.8) is 0 Å². The second-order valence-electron chi connectivity index (χ2n) is 4.10. The maximum absolute atomic E-state index is 11.7. The molecule has 0 aliphatic rings. The third kappa shape index (κ3) is 2.91. The number of aromatic nitrogens is 3. The molecule has 0 saturated carbocycles. The molecule has 2 rings (SSSR count). The summed E-state index contributed by atoms with van der Waals surface area (Å²) < 4.78 is 6.32. The first kappa shape index (κ1) is 14.3. The van der Waals surface area contributed by atoms with E-state index in [0.29, 0.717) is 22.8 Å². The third-order valence-electron chi connectivity index (χ3n) is 2.86. The van der Waals surface area contributed by atoms with Crippen LogP contribution in [0.5, 0.6) is 0 Å². The Morgan fingerprint density at radius 2 is 2.35 bits per heavy atom. The summed E-state index contributed by atoms with van der Waals surface area (Å²) in [5.41, 5.74) is 1.34. The van der Waals surface area contributed by atoms with Gasteiger partial charge in [0.05, 0.1) is 17.8 Å². The molecule has 0 aliphatic heterocycles. The normalized spacial score (nSPS) is 11.9. The highest BCUT2D eigenvalue weighted by molar-refractivity contribution is 6.33. The van der Waals surface area contributed by atoms with Crippen molar-refractivity contribution in [1.29, 1.82) is 0 Å². The van der Waals surface area contributed by atoms with E-state index in [1.807, 2.05) is 13.0 Å². The minimum absolute atomic E-state index is 0.322. The monoisotopic (exact) mass is 294 g/mol. The highest BCUT2D eigenvalue weighted by Crippen LogP contribution is 2.28. The van der Waals surface area contributed by atoms with Crippen LogP contribution in [0.4, 0.5) is 5.69 Å². The molecule has 0 radical (unpaired) electrons. The fourth-order valence-electron chi connectivity index (χ4n) is 1.85. The molecule has 0 saturated heterocycles. The lowest BCUT2D eigenvalue weighted by molar-refractivity contribution is -0.141. The number of benzene rings is 1. The van der Waals surface area contributed by atoms with Gasteiger partial charge in [0.1, 0.15) is 24.4 Å². The van der Waals surface area contributed by atoms with E-state index in [2.05, 4.69) is 15.4 Å². The van der Waals surface area contributed by atoms with E-state index in [1.165, 1.54) is 13.4 Å². The number of anilines is 1.